The van der Waals surface area contributed by atoms with Gasteiger partial charge in [-0.15, -0.1) is 0 Å². The van der Waals surface area contributed by atoms with E-state index in [9.17, 15) is 0 Å². The Balaban J connectivity index is 2.04. The molecule has 2 aliphatic rings. The SMILES string of the molecule is C1=C[C](C2=CCCC2)C1. The first-order valence-corrected chi connectivity index (χ1v) is 3.68. The van der Waals surface area contributed by atoms with Crippen LogP contribution in [-0.4, -0.2) is 0 Å². The molecule has 2 aliphatic carbocycles. The van der Waals surface area contributed by atoms with Crippen LogP contribution in [0.3, 0.4) is 0 Å². The summed E-state index contributed by atoms with van der Waals surface area (Å²) >= 11 is 0. The van der Waals surface area contributed by atoms with Crippen molar-refractivity contribution < 1.29 is 0 Å². The Morgan fingerprint density at radius 2 is 2.22 bits per heavy atom. The van der Waals surface area contributed by atoms with Gasteiger partial charge in [0.15, 0.2) is 0 Å². The van der Waals surface area contributed by atoms with Crippen LogP contribution in [0.1, 0.15) is 25.7 Å². The fourth-order valence-electron chi connectivity index (χ4n) is 1.44. The molecule has 0 aliphatic heterocycles. The summed E-state index contributed by atoms with van der Waals surface area (Å²) in [6.07, 6.45) is 12.1. The minimum absolute atomic E-state index is 1.23. The molecule has 0 heterocycles. The van der Waals surface area contributed by atoms with E-state index in [2.05, 4.69) is 18.2 Å². The molecule has 0 aromatic carbocycles. The zero-order valence-corrected chi connectivity index (χ0v) is 5.56. The summed E-state index contributed by atoms with van der Waals surface area (Å²) in [4.78, 5) is 0. The molecule has 0 aromatic rings. The second kappa shape index (κ2) is 2.02. The highest BCUT2D eigenvalue weighted by Gasteiger charge is 2.17. The highest BCUT2D eigenvalue weighted by atomic mass is 14.2. The average Bonchev–Trinajstić information content (AvgIpc) is 2.11. The van der Waals surface area contributed by atoms with Crippen molar-refractivity contribution >= 4 is 0 Å². The van der Waals surface area contributed by atoms with Crippen LogP contribution in [0.25, 0.3) is 0 Å². The molecule has 0 unspecified atom stereocenters. The van der Waals surface area contributed by atoms with Gasteiger partial charge in [0.2, 0.25) is 0 Å². The molecule has 0 bridgehead atoms. The first-order chi connectivity index (χ1) is 4.47. The monoisotopic (exact) mass is 119 g/mol. The first-order valence-electron chi connectivity index (χ1n) is 3.68. The quantitative estimate of drug-likeness (QED) is 0.497. The van der Waals surface area contributed by atoms with Gasteiger partial charge in [-0.05, 0) is 25.7 Å². The molecular formula is C9H11. The van der Waals surface area contributed by atoms with Gasteiger partial charge in [-0.25, -0.2) is 0 Å². The fraction of sp³-hybridized carbons (Fsp3) is 0.444. The van der Waals surface area contributed by atoms with Gasteiger partial charge in [0.1, 0.15) is 0 Å². The van der Waals surface area contributed by atoms with Crippen LogP contribution in [0.5, 0.6) is 0 Å². The van der Waals surface area contributed by atoms with Gasteiger partial charge in [-0.2, -0.15) is 0 Å². The zero-order chi connectivity index (χ0) is 6.10. The van der Waals surface area contributed by atoms with Gasteiger partial charge < -0.3 is 0 Å². The third kappa shape index (κ3) is 0.827. The Morgan fingerprint density at radius 3 is 2.67 bits per heavy atom. The maximum atomic E-state index is 2.39. The van der Waals surface area contributed by atoms with Crippen molar-refractivity contribution in [2.75, 3.05) is 0 Å². The summed E-state index contributed by atoms with van der Waals surface area (Å²) in [5.41, 5.74) is 1.62. The summed E-state index contributed by atoms with van der Waals surface area (Å²) in [5, 5.41) is 0. The van der Waals surface area contributed by atoms with Crippen molar-refractivity contribution in [3.05, 3.63) is 29.7 Å². The summed E-state index contributed by atoms with van der Waals surface area (Å²) < 4.78 is 0. The van der Waals surface area contributed by atoms with Gasteiger partial charge in [0.05, 0.1) is 0 Å². The molecule has 0 nitrogen and oxygen atoms in total. The molecule has 1 radical (unpaired) electrons. The van der Waals surface area contributed by atoms with Crippen molar-refractivity contribution in [1.29, 1.82) is 0 Å². The molecule has 47 valence electrons. The molecule has 0 fully saturated rings. The minimum Gasteiger partial charge on any atom is -0.0864 e. The second-order valence-corrected chi connectivity index (χ2v) is 2.75. The van der Waals surface area contributed by atoms with E-state index in [1.165, 1.54) is 25.7 Å². The van der Waals surface area contributed by atoms with Crippen LogP contribution < -0.4 is 0 Å². The molecule has 0 amide bonds. The van der Waals surface area contributed by atoms with Crippen LogP contribution in [0.2, 0.25) is 0 Å². The van der Waals surface area contributed by atoms with E-state index in [0.717, 1.165) is 0 Å². The summed E-state index contributed by atoms with van der Waals surface area (Å²) in [6.45, 7) is 0. The Kier molecular flexibility index (Phi) is 1.18. The lowest BCUT2D eigenvalue weighted by Gasteiger charge is -2.17. The van der Waals surface area contributed by atoms with Crippen molar-refractivity contribution in [2.45, 2.75) is 25.7 Å². The minimum atomic E-state index is 1.23. The smallest absolute Gasteiger partial charge is 0.0256 e. The average molecular weight is 119 g/mol. The van der Waals surface area contributed by atoms with Crippen LogP contribution >= 0.6 is 0 Å². The number of rotatable bonds is 1. The molecule has 0 heteroatoms. The van der Waals surface area contributed by atoms with Gasteiger partial charge in [-0.1, -0.05) is 23.8 Å². The Bertz CT molecular complexity index is 163. The second-order valence-electron chi connectivity index (χ2n) is 2.75. The van der Waals surface area contributed by atoms with E-state index in [-0.39, 0.29) is 0 Å². The predicted molar refractivity (Wildman–Crippen MR) is 38.9 cm³/mol. The summed E-state index contributed by atoms with van der Waals surface area (Å²) in [6, 6.07) is 0. The maximum absolute atomic E-state index is 2.39. The molecule has 2 rings (SSSR count). The molecule has 0 saturated carbocycles. The number of allylic oxidation sites excluding steroid dienone is 4. The molecule has 0 aromatic heterocycles. The topological polar surface area (TPSA) is 0 Å². The summed E-state index contributed by atoms with van der Waals surface area (Å²) in [7, 11) is 0. The highest BCUT2D eigenvalue weighted by molar-refractivity contribution is 5.41. The molecule has 0 atom stereocenters. The van der Waals surface area contributed by atoms with Crippen molar-refractivity contribution in [3.63, 3.8) is 0 Å². The molecular weight excluding hydrogens is 108 g/mol. The van der Waals surface area contributed by atoms with Gasteiger partial charge in [0, 0.05) is 5.92 Å². The van der Waals surface area contributed by atoms with E-state index in [0.29, 0.717) is 0 Å². The van der Waals surface area contributed by atoms with Crippen LogP contribution in [0.15, 0.2) is 23.8 Å². The third-order valence-electron chi connectivity index (χ3n) is 2.11. The normalized spacial score (nSPS) is 26.0. The first kappa shape index (κ1) is 5.28. The highest BCUT2D eigenvalue weighted by Crippen LogP contribution is 2.34. The Hall–Kier alpha value is -0.520. The van der Waals surface area contributed by atoms with Crippen molar-refractivity contribution in [2.24, 2.45) is 0 Å². The Labute approximate surface area is 56.3 Å². The van der Waals surface area contributed by atoms with Gasteiger partial charge in [0.25, 0.3) is 0 Å². The van der Waals surface area contributed by atoms with Crippen LogP contribution in [0.4, 0.5) is 0 Å². The molecule has 0 saturated heterocycles. The molecule has 0 N–H and O–H groups in total. The van der Waals surface area contributed by atoms with E-state index >= 15 is 0 Å². The largest absolute Gasteiger partial charge is 0.0864 e. The lowest BCUT2D eigenvalue weighted by atomic mass is 9.87. The van der Waals surface area contributed by atoms with E-state index in [4.69, 9.17) is 0 Å². The molecule has 9 heavy (non-hydrogen) atoms. The maximum Gasteiger partial charge on any atom is 0.0256 e. The number of hydrogen-bond acceptors (Lipinski definition) is 0. The van der Waals surface area contributed by atoms with E-state index in [1.54, 1.807) is 11.5 Å². The van der Waals surface area contributed by atoms with Gasteiger partial charge >= 0.3 is 0 Å². The summed E-state index contributed by atoms with van der Waals surface area (Å²) in [5.74, 6) is 1.59. The predicted octanol–water partition coefficient (Wildman–Crippen LogP) is 2.63. The number of hydrogen-bond donors (Lipinski definition) is 0. The van der Waals surface area contributed by atoms with Crippen LogP contribution in [-0.2, 0) is 0 Å². The van der Waals surface area contributed by atoms with Crippen molar-refractivity contribution in [3.8, 4) is 0 Å². The van der Waals surface area contributed by atoms with E-state index < -0.39 is 0 Å². The van der Waals surface area contributed by atoms with Gasteiger partial charge in [-0.3, -0.25) is 0 Å². The molecule has 0 spiro atoms. The lowest BCUT2D eigenvalue weighted by molar-refractivity contribution is 0.874. The van der Waals surface area contributed by atoms with E-state index in [1.807, 2.05) is 0 Å². The zero-order valence-electron chi connectivity index (χ0n) is 5.56. The Morgan fingerprint density at radius 1 is 1.33 bits per heavy atom. The third-order valence-corrected chi connectivity index (χ3v) is 2.11. The fourth-order valence-corrected chi connectivity index (χ4v) is 1.44. The lowest BCUT2D eigenvalue weighted by Crippen LogP contribution is -2.01. The standard InChI is InChI=1S/C9H11/c1-2-5-8(4-1)9-6-3-7-9/h3-4,6H,1-2,5,7H2. The van der Waals surface area contributed by atoms with Crippen molar-refractivity contribution in [1.82, 2.24) is 0 Å². The van der Waals surface area contributed by atoms with Crippen LogP contribution in [0, 0.1) is 5.92 Å².